The van der Waals surface area contributed by atoms with Crippen molar-refractivity contribution in [2.24, 2.45) is 0 Å². The van der Waals surface area contributed by atoms with Crippen molar-refractivity contribution in [3.8, 4) is 0 Å². The zero-order chi connectivity index (χ0) is 15.7. The van der Waals surface area contributed by atoms with E-state index in [2.05, 4.69) is 5.32 Å². The molecule has 0 radical (unpaired) electrons. The van der Waals surface area contributed by atoms with E-state index in [0.29, 0.717) is 18.8 Å². The molecule has 0 bridgehead atoms. The van der Waals surface area contributed by atoms with E-state index in [4.69, 9.17) is 9.47 Å². The number of rotatable bonds is 4. The van der Waals surface area contributed by atoms with Gasteiger partial charge >= 0.3 is 0 Å². The summed E-state index contributed by atoms with van der Waals surface area (Å²) in [6, 6.07) is 1.86. The number of methoxy groups -OCH3 is 1. The molecule has 2 heterocycles. The predicted octanol–water partition coefficient (Wildman–Crippen LogP) is 1.03. The van der Waals surface area contributed by atoms with Crippen LogP contribution in [-0.4, -0.2) is 42.9 Å². The molecule has 1 aromatic heterocycles. The van der Waals surface area contributed by atoms with Crippen molar-refractivity contribution in [2.45, 2.75) is 44.4 Å². The van der Waals surface area contributed by atoms with Crippen LogP contribution in [-0.2, 0) is 9.47 Å². The van der Waals surface area contributed by atoms with E-state index >= 15 is 0 Å². The van der Waals surface area contributed by atoms with Gasteiger partial charge in [-0.15, -0.1) is 0 Å². The zero-order valence-corrected chi connectivity index (χ0v) is 13.0. The third kappa shape index (κ3) is 2.94. The van der Waals surface area contributed by atoms with Crippen molar-refractivity contribution in [2.75, 3.05) is 20.3 Å². The van der Waals surface area contributed by atoms with Gasteiger partial charge in [0.1, 0.15) is 5.56 Å². The van der Waals surface area contributed by atoms with Crippen LogP contribution in [0.2, 0.25) is 0 Å². The van der Waals surface area contributed by atoms with Crippen LogP contribution in [0, 0.1) is 6.92 Å². The van der Waals surface area contributed by atoms with Crippen molar-refractivity contribution >= 4 is 5.91 Å². The molecule has 2 fully saturated rings. The molecule has 120 valence electrons. The Hall–Kier alpha value is -1.66. The van der Waals surface area contributed by atoms with Crippen LogP contribution in [0.25, 0.3) is 0 Å². The van der Waals surface area contributed by atoms with Crippen LogP contribution in [0.15, 0.2) is 17.1 Å². The molecule has 2 aliphatic rings. The zero-order valence-electron chi connectivity index (χ0n) is 13.0. The number of amides is 1. The van der Waals surface area contributed by atoms with Gasteiger partial charge in [-0.3, -0.25) is 9.59 Å². The minimum atomic E-state index is -0.338. The molecule has 1 aliphatic carbocycles. The van der Waals surface area contributed by atoms with Crippen LogP contribution in [0.3, 0.4) is 0 Å². The van der Waals surface area contributed by atoms with Gasteiger partial charge in [0, 0.05) is 26.0 Å². The molecule has 6 heteroatoms. The Morgan fingerprint density at radius 1 is 1.41 bits per heavy atom. The number of nitrogens with one attached hydrogen (secondary N) is 1. The first-order valence-corrected chi connectivity index (χ1v) is 7.75. The lowest BCUT2D eigenvalue weighted by molar-refractivity contribution is -0.0349. The Morgan fingerprint density at radius 2 is 2.18 bits per heavy atom. The predicted molar refractivity (Wildman–Crippen MR) is 81.2 cm³/mol. The van der Waals surface area contributed by atoms with Gasteiger partial charge in [-0.2, -0.15) is 0 Å². The van der Waals surface area contributed by atoms with E-state index in [1.807, 2.05) is 6.07 Å². The lowest BCUT2D eigenvalue weighted by atomic mass is 10.0. The normalized spacial score (nSPS) is 25.0. The lowest BCUT2D eigenvalue weighted by Gasteiger charge is -2.31. The van der Waals surface area contributed by atoms with E-state index < -0.39 is 0 Å². The van der Waals surface area contributed by atoms with E-state index in [1.165, 1.54) is 0 Å². The Kier molecular flexibility index (Phi) is 4.31. The molecule has 0 spiro atoms. The third-order valence-corrected chi connectivity index (χ3v) is 4.41. The molecule has 22 heavy (non-hydrogen) atoms. The van der Waals surface area contributed by atoms with Crippen molar-refractivity contribution in [1.82, 2.24) is 9.88 Å². The molecule has 1 aromatic rings. The molecule has 2 atom stereocenters. The minimum absolute atomic E-state index is 0.0765. The Labute approximate surface area is 129 Å². The third-order valence-electron chi connectivity index (χ3n) is 4.41. The maximum Gasteiger partial charge on any atom is 0.263 e. The highest BCUT2D eigenvalue weighted by Gasteiger charge is 2.30. The van der Waals surface area contributed by atoms with Crippen molar-refractivity contribution in [3.63, 3.8) is 0 Å². The number of carbonyl (C=O) groups excluding carboxylic acids is 1. The molecule has 6 nitrogen and oxygen atoms in total. The van der Waals surface area contributed by atoms with Crippen LogP contribution < -0.4 is 10.9 Å². The summed E-state index contributed by atoms with van der Waals surface area (Å²) in [6.07, 6.45) is 4.46. The van der Waals surface area contributed by atoms with Gasteiger partial charge in [0.25, 0.3) is 11.5 Å². The molecule has 1 saturated carbocycles. The summed E-state index contributed by atoms with van der Waals surface area (Å²) >= 11 is 0. The molecule has 1 N–H and O–H groups in total. The van der Waals surface area contributed by atoms with Crippen molar-refractivity contribution in [1.29, 1.82) is 0 Å². The van der Waals surface area contributed by atoms with Gasteiger partial charge < -0.3 is 19.4 Å². The molecular formula is C16H22N2O4. The van der Waals surface area contributed by atoms with Crippen LogP contribution in [0.1, 0.15) is 41.2 Å². The first-order chi connectivity index (χ1) is 10.6. The van der Waals surface area contributed by atoms with Gasteiger partial charge in [-0.05, 0) is 37.8 Å². The fourth-order valence-electron chi connectivity index (χ4n) is 2.93. The number of nitrogens with zero attached hydrogens (tertiary/aromatic N) is 1. The second-order valence-corrected chi connectivity index (χ2v) is 6.04. The molecule has 1 aliphatic heterocycles. The van der Waals surface area contributed by atoms with Gasteiger partial charge in [0.2, 0.25) is 0 Å². The van der Waals surface area contributed by atoms with Gasteiger partial charge in [0.15, 0.2) is 0 Å². The quantitative estimate of drug-likeness (QED) is 0.902. The molecular weight excluding hydrogens is 284 g/mol. The number of pyridine rings is 1. The highest BCUT2D eigenvalue weighted by atomic mass is 16.5. The minimum Gasteiger partial charge on any atom is -0.379 e. The summed E-state index contributed by atoms with van der Waals surface area (Å²) in [6.45, 7) is 2.83. The fourth-order valence-corrected chi connectivity index (χ4v) is 2.93. The Balaban J connectivity index is 1.82. The van der Waals surface area contributed by atoms with E-state index in [9.17, 15) is 9.59 Å². The second-order valence-electron chi connectivity index (χ2n) is 6.04. The Morgan fingerprint density at radius 3 is 2.86 bits per heavy atom. The first kappa shape index (κ1) is 15.2. The van der Waals surface area contributed by atoms with Crippen LogP contribution >= 0.6 is 0 Å². The summed E-state index contributed by atoms with van der Waals surface area (Å²) in [5.41, 5.74) is 0.727. The number of carbonyl (C=O) groups is 1. The average molecular weight is 306 g/mol. The second kappa shape index (κ2) is 6.22. The standard InChI is InChI=1S/C16H22N2O4/c1-10-5-7-18(11-3-4-11)16(20)14(10)15(19)17-12-9-22-8-6-13(12)21-2/h5,7,11-13H,3-4,6,8-9H2,1-2H3,(H,17,19)/t12-,13-/m1/s1. The number of aryl methyl sites for hydroxylation is 1. The van der Waals surface area contributed by atoms with Crippen LogP contribution in [0.4, 0.5) is 0 Å². The van der Waals surface area contributed by atoms with Crippen LogP contribution in [0.5, 0.6) is 0 Å². The first-order valence-electron chi connectivity index (χ1n) is 7.75. The topological polar surface area (TPSA) is 69.6 Å². The average Bonchev–Trinajstić information content (AvgIpc) is 3.32. The monoisotopic (exact) mass is 306 g/mol. The van der Waals surface area contributed by atoms with Gasteiger partial charge in [-0.25, -0.2) is 0 Å². The molecule has 1 saturated heterocycles. The molecule has 0 aromatic carbocycles. The number of aromatic nitrogens is 1. The largest absolute Gasteiger partial charge is 0.379 e. The number of hydrogen-bond acceptors (Lipinski definition) is 4. The summed E-state index contributed by atoms with van der Waals surface area (Å²) in [5.74, 6) is -0.338. The SMILES string of the molecule is CO[C@@H]1CCOC[C@H]1NC(=O)c1c(C)ccn(C2CC2)c1=O. The van der Waals surface area contributed by atoms with Crippen molar-refractivity contribution < 1.29 is 14.3 Å². The fraction of sp³-hybridized carbons (Fsp3) is 0.625. The maximum atomic E-state index is 12.6. The summed E-state index contributed by atoms with van der Waals surface area (Å²) in [4.78, 5) is 25.1. The highest BCUT2D eigenvalue weighted by molar-refractivity contribution is 5.95. The van der Waals surface area contributed by atoms with E-state index in [-0.39, 0.29) is 35.2 Å². The Bertz CT molecular complexity index is 621. The highest BCUT2D eigenvalue weighted by Crippen LogP contribution is 2.33. The van der Waals surface area contributed by atoms with Crippen molar-refractivity contribution in [3.05, 3.63) is 33.7 Å². The number of ether oxygens (including phenoxy) is 2. The van der Waals surface area contributed by atoms with E-state index in [1.54, 1.807) is 24.8 Å². The molecule has 3 rings (SSSR count). The molecule has 1 amide bonds. The van der Waals surface area contributed by atoms with Gasteiger partial charge in [0.05, 0.1) is 18.8 Å². The molecule has 0 unspecified atom stereocenters. The smallest absolute Gasteiger partial charge is 0.263 e. The maximum absolute atomic E-state index is 12.6. The lowest BCUT2D eigenvalue weighted by Crippen LogP contribution is -2.51. The summed E-state index contributed by atoms with van der Waals surface area (Å²) in [5, 5.41) is 2.90. The van der Waals surface area contributed by atoms with E-state index in [0.717, 1.165) is 19.3 Å². The number of hydrogen-bond donors (Lipinski definition) is 1. The van der Waals surface area contributed by atoms with Gasteiger partial charge in [-0.1, -0.05) is 0 Å². The summed E-state index contributed by atoms with van der Waals surface area (Å²) in [7, 11) is 1.63. The summed E-state index contributed by atoms with van der Waals surface area (Å²) < 4.78 is 12.5.